The van der Waals surface area contributed by atoms with Crippen molar-refractivity contribution >= 4 is 11.9 Å². The molecule has 0 bridgehead atoms. The Labute approximate surface area is 88.6 Å². The van der Waals surface area contributed by atoms with Crippen LogP contribution in [0.25, 0.3) is 0 Å². The van der Waals surface area contributed by atoms with Gasteiger partial charge in [-0.3, -0.25) is 4.79 Å². The molecule has 0 rings (SSSR count). The third-order valence-electron chi connectivity index (χ3n) is 1.46. The molecule has 0 radical (unpaired) electrons. The van der Waals surface area contributed by atoms with Gasteiger partial charge in [-0.05, 0) is 19.4 Å². The van der Waals surface area contributed by atoms with Crippen LogP contribution in [0.15, 0.2) is 12.7 Å². The number of carboxylic acids is 2. The first-order valence-corrected chi connectivity index (χ1v) is 4.49. The average Bonchev–Trinajstić information content (AvgIpc) is 2.18. The molecule has 1 unspecified atom stereocenters. The minimum Gasteiger partial charge on any atom is -0.480 e. The normalized spacial score (nSPS) is 10.8. The van der Waals surface area contributed by atoms with Crippen LogP contribution in [0.5, 0.6) is 0 Å². The summed E-state index contributed by atoms with van der Waals surface area (Å²) in [7, 11) is 0. The van der Waals surface area contributed by atoms with E-state index in [4.69, 9.17) is 21.7 Å². The molecule has 0 aromatic rings. The summed E-state index contributed by atoms with van der Waals surface area (Å²) >= 11 is 0. The van der Waals surface area contributed by atoms with Crippen molar-refractivity contribution in [1.29, 1.82) is 0 Å². The molecule has 0 aromatic carbocycles. The SMILES string of the molecule is C=CC(=O)O.NCCCCC(N)C(=O)O. The van der Waals surface area contributed by atoms with Crippen LogP contribution in [0.3, 0.4) is 0 Å². The maximum absolute atomic E-state index is 10.1. The molecule has 0 spiro atoms. The Morgan fingerprint density at radius 3 is 2.07 bits per heavy atom. The molecule has 0 amide bonds. The van der Waals surface area contributed by atoms with Gasteiger partial charge in [0.1, 0.15) is 6.04 Å². The van der Waals surface area contributed by atoms with E-state index in [2.05, 4.69) is 6.58 Å². The van der Waals surface area contributed by atoms with Crippen LogP contribution in [0, 0.1) is 0 Å². The van der Waals surface area contributed by atoms with Gasteiger partial charge in [-0.1, -0.05) is 13.0 Å². The van der Waals surface area contributed by atoms with Crippen molar-refractivity contribution in [3.63, 3.8) is 0 Å². The highest BCUT2D eigenvalue weighted by Crippen LogP contribution is 1.96. The lowest BCUT2D eigenvalue weighted by Crippen LogP contribution is -2.29. The number of nitrogens with two attached hydrogens (primary N) is 2. The molecule has 1 atom stereocenters. The van der Waals surface area contributed by atoms with Gasteiger partial charge in [0.05, 0.1) is 0 Å². The van der Waals surface area contributed by atoms with E-state index in [1.54, 1.807) is 0 Å². The number of carboxylic acid groups (broad SMARTS) is 2. The summed E-state index contributed by atoms with van der Waals surface area (Å²) in [5, 5.41) is 15.9. The van der Waals surface area contributed by atoms with E-state index in [1.165, 1.54) is 0 Å². The van der Waals surface area contributed by atoms with E-state index in [9.17, 15) is 9.59 Å². The van der Waals surface area contributed by atoms with Gasteiger partial charge in [0.25, 0.3) is 0 Å². The fourth-order valence-electron chi connectivity index (χ4n) is 0.632. The van der Waals surface area contributed by atoms with Crippen LogP contribution in [0.4, 0.5) is 0 Å². The molecule has 6 nitrogen and oxygen atoms in total. The molecule has 88 valence electrons. The van der Waals surface area contributed by atoms with Gasteiger partial charge in [-0.15, -0.1) is 0 Å². The van der Waals surface area contributed by atoms with E-state index < -0.39 is 18.0 Å². The van der Waals surface area contributed by atoms with Crippen LogP contribution in [0.2, 0.25) is 0 Å². The molecule has 0 aliphatic heterocycles. The highest BCUT2D eigenvalue weighted by atomic mass is 16.4. The predicted octanol–water partition coefficient (Wildman–Crippen LogP) is -0.216. The Bertz CT molecular complexity index is 206. The van der Waals surface area contributed by atoms with Crippen molar-refractivity contribution < 1.29 is 19.8 Å². The lowest BCUT2D eigenvalue weighted by atomic mass is 10.1. The number of hydrogen-bond acceptors (Lipinski definition) is 4. The summed E-state index contributed by atoms with van der Waals surface area (Å²) in [5.41, 5.74) is 10.4. The summed E-state index contributed by atoms with van der Waals surface area (Å²) in [4.78, 5) is 19.4. The lowest BCUT2D eigenvalue weighted by Gasteiger charge is -2.03. The van der Waals surface area contributed by atoms with Gasteiger partial charge < -0.3 is 21.7 Å². The summed E-state index contributed by atoms with van der Waals surface area (Å²) in [6, 6.07) is -0.716. The molecule has 15 heavy (non-hydrogen) atoms. The molecular weight excluding hydrogens is 200 g/mol. The summed E-state index contributed by atoms with van der Waals surface area (Å²) in [5.74, 6) is -1.91. The third-order valence-corrected chi connectivity index (χ3v) is 1.46. The first-order chi connectivity index (χ1) is 6.95. The molecule has 0 heterocycles. The molecule has 0 aromatic heterocycles. The summed E-state index contributed by atoms with van der Waals surface area (Å²) < 4.78 is 0. The van der Waals surface area contributed by atoms with Crippen LogP contribution in [-0.4, -0.2) is 34.7 Å². The Hall–Kier alpha value is -1.40. The molecule has 6 heteroatoms. The molecule has 0 aliphatic rings. The lowest BCUT2D eigenvalue weighted by molar-refractivity contribution is -0.138. The number of rotatable bonds is 6. The molecule has 0 saturated heterocycles. The second kappa shape index (κ2) is 10.7. The first-order valence-electron chi connectivity index (χ1n) is 4.49. The van der Waals surface area contributed by atoms with Crippen molar-refractivity contribution in [3.8, 4) is 0 Å². The number of aliphatic carboxylic acids is 2. The number of carbonyl (C=O) groups is 2. The topological polar surface area (TPSA) is 127 Å². The predicted molar refractivity (Wildman–Crippen MR) is 56.3 cm³/mol. The zero-order chi connectivity index (χ0) is 12.3. The average molecular weight is 218 g/mol. The second-order valence-corrected chi connectivity index (χ2v) is 2.77. The van der Waals surface area contributed by atoms with Crippen molar-refractivity contribution in [2.45, 2.75) is 25.3 Å². The Balaban J connectivity index is 0. The largest absolute Gasteiger partial charge is 0.480 e. The fraction of sp³-hybridized carbons (Fsp3) is 0.556. The maximum Gasteiger partial charge on any atom is 0.327 e. The number of hydrogen-bond donors (Lipinski definition) is 4. The minimum absolute atomic E-state index is 0.520. The van der Waals surface area contributed by atoms with Gasteiger partial charge in [-0.25, -0.2) is 4.79 Å². The third kappa shape index (κ3) is 15.4. The monoisotopic (exact) mass is 218 g/mol. The first kappa shape index (κ1) is 16.0. The van der Waals surface area contributed by atoms with Crippen LogP contribution in [0.1, 0.15) is 19.3 Å². The molecule has 0 saturated carbocycles. The van der Waals surface area contributed by atoms with Crippen LogP contribution < -0.4 is 11.5 Å². The molecule has 0 fully saturated rings. The van der Waals surface area contributed by atoms with Crippen LogP contribution >= 0.6 is 0 Å². The van der Waals surface area contributed by atoms with Gasteiger partial charge in [0.2, 0.25) is 0 Å². The van der Waals surface area contributed by atoms with Crippen molar-refractivity contribution in [1.82, 2.24) is 0 Å². The van der Waals surface area contributed by atoms with E-state index in [-0.39, 0.29) is 0 Å². The van der Waals surface area contributed by atoms with Gasteiger partial charge >= 0.3 is 11.9 Å². The zero-order valence-corrected chi connectivity index (χ0v) is 8.56. The van der Waals surface area contributed by atoms with Crippen molar-refractivity contribution in [2.75, 3.05) is 6.54 Å². The van der Waals surface area contributed by atoms with Gasteiger partial charge in [-0.2, -0.15) is 0 Å². The number of unbranched alkanes of at least 4 members (excludes halogenated alkanes) is 1. The summed E-state index contributed by atoms with van der Waals surface area (Å²) in [6.45, 7) is 3.56. The molecular formula is C9H18N2O4. The van der Waals surface area contributed by atoms with Crippen LogP contribution in [-0.2, 0) is 9.59 Å². The van der Waals surface area contributed by atoms with E-state index >= 15 is 0 Å². The quantitative estimate of drug-likeness (QED) is 0.360. The van der Waals surface area contributed by atoms with E-state index in [0.29, 0.717) is 13.0 Å². The molecule has 0 aliphatic carbocycles. The molecule has 6 N–H and O–H groups in total. The van der Waals surface area contributed by atoms with E-state index in [1.807, 2.05) is 0 Å². The highest BCUT2D eigenvalue weighted by molar-refractivity contribution is 5.78. The summed E-state index contributed by atoms with van der Waals surface area (Å²) in [6.07, 6.45) is 3.00. The van der Waals surface area contributed by atoms with Crippen molar-refractivity contribution in [2.24, 2.45) is 11.5 Å². The van der Waals surface area contributed by atoms with Gasteiger partial charge in [0, 0.05) is 6.08 Å². The Morgan fingerprint density at radius 1 is 1.33 bits per heavy atom. The zero-order valence-electron chi connectivity index (χ0n) is 8.56. The Kier molecular flexibility index (Phi) is 11.4. The van der Waals surface area contributed by atoms with Crippen molar-refractivity contribution in [3.05, 3.63) is 12.7 Å². The second-order valence-electron chi connectivity index (χ2n) is 2.77. The fourth-order valence-corrected chi connectivity index (χ4v) is 0.632. The highest BCUT2D eigenvalue weighted by Gasteiger charge is 2.09. The maximum atomic E-state index is 10.1. The Morgan fingerprint density at radius 2 is 1.80 bits per heavy atom. The minimum atomic E-state index is -0.981. The van der Waals surface area contributed by atoms with Gasteiger partial charge in [0.15, 0.2) is 0 Å². The van der Waals surface area contributed by atoms with E-state index in [0.717, 1.165) is 18.9 Å². The standard InChI is InChI=1S/C6H14N2O2.C3H4O2/c7-4-2-1-3-5(8)6(9)10;1-2-3(4)5/h5H,1-4,7-8H2,(H,9,10);2H,1H2,(H,4,5). The smallest absolute Gasteiger partial charge is 0.327 e.